The van der Waals surface area contributed by atoms with Crippen molar-refractivity contribution in [2.45, 2.75) is 110 Å². The molecule has 0 spiro atoms. The van der Waals surface area contributed by atoms with Crippen molar-refractivity contribution in [1.29, 1.82) is 0 Å². The number of aromatic nitrogens is 1. The molecule has 0 N–H and O–H groups in total. The van der Waals surface area contributed by atoms with Crippen LogP contribution in [0.4, 0.5) is 4.79 Å². The van der Waals surface area contributed by atoms with Gasteiger partial charge in [0.25, 0.3) is 0 Å². The Morgan fingerprint density at radius 1 is 0.905 bits per heavy atom. The first-order chi connectivity index (χ1) is 19.7. The summed E-state index contributed by atoms with van der Waals surface area (Å²) in [6.07, 6.45) is -0.531. The summed E-state index contributed by atoms with van der Waals surface area (Å²) < 4.78 is 35.4. The summed E-state index contributed by atoms with van der Waals surface area (Å²) in [6.45, 7) is 10.4. The Balaban J connectivity index is 2.05. The standard InChI is InChI=1S/C29H41N2O11/c1-17(32)37-16-23-24(38-18(2)33)25(39-19(3)34)26(40-20(4)35)27(41-23)30-13-10-11-21(15-30)22-12-8-9-14-31(22)28(36)42-29(5,6)7/h10-11,13,15,22-27H,8-9,12,14,16H2,1-7H3/q+1/t22-,23+,24+,25-,26+,27-/m0/s1. The third-order valence-corrected chi connectivity index (χ3v) is 6.62. The van der Waals surface area contributed by atoms with Crippen LogP contribution >= 0.6 is 0 Å². The number of pyridine rings is 1. The molecule has 0 aliphatic carbocycles. The second kappa shape index (κ2) is 14.0. The summed E-state index contributed by atoms with van der Waals surface area (Å²) in [6, 6.07) is 3.33. The maximum Gasteiger partial charge on any atom is 0.410 e. The molecule has 2 fully saturated rings. The zero-order valence-electron chi connectivity index (χ0n) is 25.2. The molecule has 0 unspecified atom stereocenters. The van der Waals surface area contributed by atoms with Crippen molar-refractivity contribution in [3.8, 4) is 0 Å². The van der Waals surface area contributed by atoms with Crippen molar-refractivity contribution in [1.82, 2.24) is 4.90 Å². The normalized spacial score (nSPS) is 26.0. The molecule has 0 bridgehead atoms. The highest BCUT2D eigenvalue weighted by atomic mass is 16.7. The van der Waals surface area contributed by atoms with Crippen LogP contribution in [0.15, 0.2) is 24.5 Å². The quantitative estimate of drug-likeness (QED) is 0.261. The van der Waals surface area contributed by atoms with E-state index in [9.17, 15) is 24.0 Å². The van der Waals surface area contributed by atoms with E-state index in [0.29, 0.717) is 13.0 Å². The molecule has 1 aromatic heterocycles. The van der Waals surface area contributed by atoms with Crippen molar-refractivity contribution >= 4 is 30.0 Å². The molecule has 232 valence electrons. The third kappa shape index (κ3) is 8.88. The van der Waals surface area contributed by atoms with Gasteiger partial charge in [-0.2, -0.15) is 4.57 Å². The Hall–Kier alpha value is -3.74. The second-order valence-corrected chi connectivity index (χ2v) is 11.4. The van der Waals surface area contributed by atoms with Crippen molar-refractivity contribution < 1.29 is 57.0 Å². The van der Waals surface area contributed by atoms with Crippen LogP contribution < -0.4 is 4.57 Å². The number of carbonyl (C=O) groups is 5. The molecule has 2 aliphatic heterocycles. The molecule has 13 nitrogen and oxygen atoms in total. The highest BCUT2D eigenvalue weighted by molar-refractivity contribution is 5.69. The number of rotatable bonds is 7. The monoisotopic (exact) mass is 593 g/mol. The van der Waals surface area contributed by atoms with E-state index in [1.54, 1.807) is 27.9 Å². The lowest BCUT2D eigenvalue weighted by Gasteiger charge is -2.42. The Bertz CT molecular complexity index is 1160. The van der Waals surface area contributed by atoms with Gasteiger partial charge in [-0.05, 0) is 46.1 Å². The molecule has 0 radical (unpaired) electrons. The lowest BCUT2D eigenvalue weighted by molar-refractivity contribution is -0.778. The molecule has 13 heteroatoms. The summed E-state index contributed by atoms with van der Waals surface area (Å²) in [5.74, 6) is -2.71. The summed E-state index contributed by atoms with van der Waals surface area (Å²) in [4.78, 5) is 62.8. The van der Waals surface area contributed by atoms with Gasteiger partial charge in [0.1, 0.15) is 18.3 Å². The first-order valence-electron chi connectivity index (χ1n) is 14.0. The van der Waals surface area contributed by atoms with Gasteiger partial charge in [-0.25, -0.2) is 4.79 Å². The fourth-order valence-corrected chi connectivity index (χ4v) is 5.13. The summed E-state index contributed by atoms with van der Waals surface area (Å²) in [5, 5.41) is 0. The molecule has 3 rings (SSSR count). The lowest BCUT2D eigenvalue weighted by Crippen LogP contribution is -2.65. The summed E-state index contributed by atoms with van der Waals surface area (Å²) in [7, 11) is 0. The van der Waals surface area contributed by atoms with Gasteiger partial charge in [0.15, 0.2) is 24.6 Å². The average molecular weight is 594 g/mol. The van der Waals surface area contributed by atoms with Crippen LogP contribution in [0.1, 0.15) is 85.6 Å². The first kappa shape index (κ1) is 32.8. The van der Waals surface area contributed by atoms with Crippen molar-refractivity contribution in [3.63, 3.8) is 0 Å². The van der Waals surface area contributed by atoms with Gasteiger partial charge in [0.2, 0.25) is 6.10 Å². The van der Waals surface area contributed by atoms with Crippen molar-refractivity contribution in [2.75, 3.05) is 13.2 Å². The third-order valence-electron chi connectivity index (χ3n) is 6.62. The minimum Gasteiger partial charge on any atom is -0.463 e. The van der Waals surface area contributed by atoms with Gasteiger partial charge < -0.3 is 33.3 Å². The first-order valence-corrected chi connectivity index (χ1v) is 14.0. The fraction of sp³-hybridized carbons (Fsp3) is 0.655. The van der Waals surface area contributed by atoms with Crippen LogP contribution in [0.3, 0.4) is 0 Å². The number of piperidine rings is 1. The molecule has 3 heterocycles. The maximum atomic E-state index is 13.1. The number of nitrogens with zero attached hydrogens (tertiary/aromatic N) is 2. The maximum absolute atomic E-state index is 13.1. The van der Waals surface area contributed by atoms with E-state index in [-0.39, 0.29) is 12.6 Å². The smallest absolute Gasteiger partial charge is 0.410 e. The minimum atomic E-state index is -1.29. The predicted octanol–water partition coefficient (Wildman–Crippen LogP) is 2.69. The highest BCUT2D eigenvalue weighted by Gasteiger charge is 2.56. The Morgan fingerprint density at radius 3 is 2.12 bits per heavy atom. The number of hydrogen-bond acceptors (Lipinski definition) is 11. The molecule has 2 saturated heterocycles. The predicted molar refractivity (Wildman–Crippen MR) is 143 cm³/mol. The summed E-state index contributed by atoms with van der Waals surface area (Å²) >= 11 is 0. The Labute approximate surface area is 245 Å². The molecule has 2 aliphatic rings. The van der Waals surface area contributed by atoms with Crippen LogP contribution in [0, 0.1) is 0 Å². The number of hydrogen-bond donors (Lipinski definition) is 0. The molecular weight excluding hydrogens is 552 g/mol. The molecule has 1 amide bonds. The van der Waals surface area contributed by atoms with Gasteiger partial charge in [-0.3, -0.25) is 19.2 Å². The highest BCUT2D eigenvalue weighted by Crippen LogP contribution is 2.34. The molecule has 0 saturated carbocycles. The molecule has 6 atom stereocenters. The van der Waals surface area contributed by atoms with Gasteiger partial charge >= 0.3 is 36.2 Å². The SMILES string of the molecule is CC(=O)OC[C@H]1O[C@H]([n+]2cccc([C@@H]3CCCCN3C(=O)OC(C)(C)C)c2)[C@H](OC(C)=O)[C@@H](OC(C)=O)[C@@H]1OC(C)=O. The van der Waals surface area contributed by atoms with Crippen molar-refractivity contribution in [2.24, 2.45) is 0 Å². The minimum absolute atomic E-state index is 0.299. The Morgan fingerprint density at radius 2 is 1.52 bits per heavy atom. The van der Waals surface area contributed by atoms with E-state index in [4.69, 9.17) is 28.4 Å². The zero-order valence-corrected chi connectivity index (χ0v) is 25.2. The van der Waals surface area contributed by atoms with Crippen LogP contribution in [-0.4, -0.2) is 78.0 Å². The number of likely N-dealkylation sites (tertiary alicyclic amines) is 1. The second-order valence-electron chi connectivity index (χ2n) is 11.4. The number of carbonyl (C=O) groups excluding carboxylic acids is 5. The van der Waals surface area contributed by atoms with Crippen LogP contribution in [0.25, 0.3) is 0 Å². The van der Waals surface area contributed by atoms with E-state index in [2.05, 4.69) is 0 Å². The Kier molecular flexibility index (Phi) is 10.9. The van der Waals surface area contributed by atoms with Gasteiger partial charge in [-0.15, -0.1) is 0 Å². The number of esters is 4. The van der Waals surface area contributed by atoms with Gasteiger partial charge in [-0.1, -0.05) is 0 Å². The zero-order chi connectivity index (χ0) is 31.2. The topological polar surface area (TPSA) is 148 Å². The molecular formula is C29H41N2O11+. The van der Waals surface area contributed by atoms with E-state index in [0.717, 1.165) is 18.4 Å². The van der Waals surface area contributed by atoms with E-state index >= 15 is 0 Å². The number of ether oxygens (including phenoxy) is 6. The van der Waals surface area contributed by atoms with Crippen LogP contribution in [-0.2, 0) is 47.6 Å². The lowest BCUT2D eigenvalue weighted by atomic mass is 9.95. The number of amides is 1. The van der Waals surface area contributed by atoms with Gasteiger partial charge in [0, 0.05) is 45.9 Å². The largest absolute Gasteiger partial charge is 0.463 e. The molecule has 0 aromatic carbocycles. The average Bonchev–Trinajstić information content (AvgIpc) is 2.88. The van der Waals surface area contributed by atoms with Crippen molar-refractivity contribution in [3.05, 3.63) is 30.1 Å². The van der Waals surface area contributed by atoms with Crippen LogP contribution in [0.2, 0.25) is 0 Å². The molecule has 42 heavy (non-hydrogen) atoms. The summed E-state index contributed by atoms with van der Waals surface area (Å²) in [5.41, 5.74) is 0.111. The van der Waals surface area contributed by atoms with E-state index in [1.165, 1.54) is 27.7 Å². The molecule has 1 aromatic rings. The van der Waals surface area contributed by atoms with Gasteiger partial charge in [0.05, 0.1) is 6.04 Å². The van der Waals surface area contributed by atoms with E-state index < -0.39 is 66.2 Å². The van der Waals surface area contributed by atoms with E-state index in [1.807, 2.05) is 26.8 Å². The van der Waals surface area contributed by atoms with Crippen LogP contribution in [0.5, 0.6) is 0 Å². The fourth-order valence-electron chi connectivity index (χ4n) is 5.13.